The Balaban J connectivity index is 2.04. The monoisotopic (exact) mass is 261 g/mol. The highest BCUT2D eigenvalue weighted by atomic mass is 35.5. The summed E-state index contributed by atoms with van der Waals surface area (Å²) >= 11 is 6.05. The van der Waals surface area contributed by atoms with E-state index in [2.05, 4.69) is 5.10 Å². The summed E-state index contributed by atoms with van der Waals surface area (Å²) in [4.78, 5) is 0. The van der Waals surface area contributed by atoms with Crippen LogP contribution in [0.2, 0.25) is 5.02 Å². The largest absolute Gasteiger partial charge is 0.486 e. The van der Waals surface area contributed by atoms with E-state index in [4.69, 9.17) is 21.6 Å². The minimum Gasteiger partial charge on any atom is -0.486 e. The Labute approximate surface area is 110 Å². The van der Waals surface area contributed by atoms with Gasteiger partial charge in [-0.05, 0) is 19.1 Å². The van der Waals surface area contributed by atoms with Gasteiger partial charge in [-0.2, -0.15) is 10.4 Å². The van der Waals surface area contributed by atoms with Crippen LogP contribution in [0.1, 0.15) is 18.1 Å². The number of rotatable bonds is 4. The number of hydrogen-bond donors (Lipinski definition) is 0. The number of halogens is 1. The second-order valence-corrected chi connectivity index (χ2v) is 4.15. The van der Waals surface area contributed by atoms with E-state index in [0.717, 1.165) is 12.1 Å². The zero-order chi connectivity index (χ0) is 13.0. The number of nitriles is 1. The topological polar surface area (TPSA) is 50.8 Å². The van der Waals surface area contributed by atoms with Gasteiger partial charge in [0.1, 0.15) is 6.61 Å². The number of aryl methyl sites for hydroxylation is 1. The van der Waals surface area contributed by atoms with Crippen molar-refractivity contribution in [2.75, 3.05) is 0 Å². The first-order chi connectivity index (χ1) is 8.72. The van der Waals surface area contributed by atoms with E-state index >= 15 is 0 Å². The fraction of sp³-hybridized carbons (Fsp3) is 0.231. The van der Waals surface area contributed by atoms with Crippen LogP contribution < -0.4 is 4.74 Å². The summed E-state index contributed by atoms with van der Waals surface area (Å²) in [5, 5.41) is 13.4. The third-order valence-electron chi connectivity index (χ3n) is 2.51. The molecule has 0 bridgehead atoms. The number of hydrogen-bond acceptors (Lipinski definition) is 3. The molecule has 0 radical (unpaired) electrons. The van der Waals surface area contributed by atoms with Crippen LogP contribution in [0, 0.1) is 11.3 Å². The predicted molar refractivity (Wildman–Crippen MR) is 68.4 cm³/mol. The van der Waals surface area contributed by atoms with Gasteiger partial charge in [-0.15, -0.1) is 0 Å². The Hall–Kier alpha value is -1.99. The van der Waals surface area contributed by atoms with Gasteiger partial charge < -0.3 is 4.74 Å². The SMILES string of the molecule is CCn1cc(OCc2ccc(C#N)cc2Cl)cn1. The Bertz CT molecular complexity index is 586. The quantitative estimate of drug-likeness (QED) is 0.850. The normalized spacial score (nSPS) is 10.1. The molecule has 0 saturated carbocycles. The first-order valence-electron chi connectivity index (χ1n) is 5.56. The molecule has 18 heavy (non-hydrogen) atoms. The molecule has 0 saturated heterocycles. The van der Waals surface area contributed by atoms with Crippen LogP contribution in [-0.2, 0) is 13.2 Å². The van der Waals surface area contributed by atoms with Crippen LogP contribution in [0.25, 0.3) is 0 Å². The highest BCUT2D eigenvalue weighted by Gasteiger charge is 2.04. The first kappa shape index (κ1) is 12.5. The van der Waals surface area contributed by atoms with Crippen molar-refractivity contribution in [3.05, 3.63) is 46.7 Å². The van der Waals surface area contributed by atoms with Crippen molar-refractivity contribution < 1.29 is 4.74 Å². The second-order valence-electron chi connectivity index (χ2n) is 3.74. The second kappa shape index (κ2) is 5.56. The summed E-state index contributed by atoms with van der Waals surface area (Å²) in [6.45, 7) is 3.18. The zero-order valence-electron chi connectivity index (χ0n) is 9.93. The lowest BCUT2D eigenvalue weighted by atomic mass is 10.1. The molecule has 1 aromatic carbocycles. The minimum absolute atomic E-state index is 0.361. The Morgan fingerprint density at radius 1 is 1.50 bits per heavy atom. The van der Waals surface area contributed by atoms with Gasteiger partial charge in [0, 0.05) is 17.1 Å². The van der Waals surface area contributed by atoms with Gasteiger partial charge in [-0.3, -0.25) is 4.68 Å². The van der Waals surface area contributed by atoms with Gasteiger partial charge in [0.2, 0.25) is 0 Å². The van der Waals surface area contributed by atoms with Gasteiger partial charge in [-0.1, -0.05) is 17.7 Å². The minimum atomic E-state index is 0.361. The smallest absolute Gasteiger partial charge is 0.157 e. The van der Waals surface area contributed by atoms with Gasteiger partial charge in [-0.25, -0.2) is 0 Å². The van der Waals surface area contributed by atoms with E-state index in [0.29, 0.717) is 22.9 Å². The summed E-state index contributed by atoms with van der Waals surface area (Å²) < 4.78 is 7.37. The number of benzene rings is 1. The van der Waals surface area contributed by atoms with Crippen LogP contribution in [0.5, 0.6) is 5.75 Å². The van der Waals surface area contributed by atoms with E-state index in [1.807, 2.05) is 19.2 Å². The van der Waals surface area contributed by atoms with E-state index in [1.54, 1.807) is 29.1 Å². The van der Waals surface area contributed by atoms with Crippen LogP contribution in [-0.4, -0.2) is 9.78 Å². The zero-order valence-corrected chi connectivity index (χ0v) is 10.7. The molecular weight excluding hydrogens is 250 g/mol. The van der Waals surface area contributed by atoms with Crippen LogP contribution >= 0.6 is 11.6 Å². The van der Waals surface area contributed by atoms with Crippen LogP contribution in [0.4, 0.5) is 0 Å². The van der Waals surface area contributed by atoms with Gasteiger partial charge >= 0.3 is 0 Å². The molecule has 0 unspecified atom stereocenters. The molecular formula is C13H12ClN3O. The highest BCUT2D eigenvalue weighted by molar-refractivity contribution is 6.31. The molecule has 92 valence electrons. The number of ether oxygens (including phenoxy) is 1. The average Bonchev–Trinajstić information content (AvgIpc) is 2.85. The summed E-state index contributed by atoms with van der Waals surface area (Å²) in [5.41, 5.74) is 1.39. The maximum Gasteiger partial charge on any atom is 0.157 e. The lowest BCUT2D eigenvalue weighted by Crippen LogP contribution is -1.96. The van der Waals surface area contributed by atoms with E-state index in [-0.39, 0.29) is 0 Å². The molecule has 0 aliphatic carbocycles. The van der Waals surface area contributed by atoms with Gasteiger partial charge in [0.05, 0.1) is 24.0 Å². The first-order valence-corrected chi connectivity index (χ1v) is 5.94. The molecule has 0 amide bonds. The van der Waals surface area contributed by atoms with Crippen molar-refractivity contribution in [3.63, 3.8) is 0 Å². The van der Waals surface area contributed by atoms with Crippen molar-refractivity contribution in [1.82, 2.24) is 9.78 Å². The Kier molecular flexibility index (Phi) is 3.85. The summed E-state index contributed by atoms with van der Waals surface area (Å²) in [5.74, 6) is 0.706. The maximum absolute atomic E-state index is 8.74. The average molecular weight is 262 g/mol. The van der Waals surface area contributed by atoms with E-state index < -0.39 is 0 Å². The van der Waals surface area contributed by atoms with Crippen molar-refractivity contribution >= 4 is 11.6 Å². The van der Waals surface area contributed by atoms with E-state index in [1.165, 1.54) is 0 Å². The molecule has 1 aromatic heterocycles. The van der Waals surface area contributed by atoms with Gasteiger partial charge in [0.15, 0.2) is 5.75 Å². The molecule has 1 heterocycles. The lowest BCUT2D eigenvalue weighted by molar-refractivity contribution is 0.306. The molecule has 0 spiro atoms. The molecule has 0 fully saturated rings. The fourth-order valence-electron chi connectivity index (χ4n) is 1.49. The Morgan fingerprint density at radius 2 is 2.33 bits per heavy atom. The molecule has 0 N–H and O–H groups in total. The van der Waals surface area contributed by atoms with Crippen molar-refractivity contribution in [1.29, 1.82) is 5.26 Å². The Morgan fingerprint density at radius 3 is 2.94 bits per heavy atom. The number of nitrogens with zero attached hydrogens (tertiary/aromatic N) is 3. The summed E-state index contributed by atoms with van der Waals surface area (Å²) in [6.07, 6.45) is 3.50. The summed E-state index contributed by atoms with van der Waals surface area (Å²) in [7, 11) is 0. The predicted octanol–water partition coefficient (Wildman–Crippen LogP) is 3.01. The number of aromatic nitrogens is 2. The summed E-state index contributed by atoms with van der Waals surface area (Å²) in [6, 6.07) is 7.19. The third kappa shape index (κ3) is 2.82. The molecule has 4 nitrogen and oxygen atoms in total. The van der Waals surface area contributed by atoms with Crippen LogP contribution in [0.3, 0.4) is 0 Å². The molecule has 2 rings (SSSR count). The molecule has 2 aromatic rings. The third-order valence-corrected chi connectivity index (χ3v) is 2.86. The molecule has 0 aliphatic heterocycles. The highest BCUT2D eigenvalue weighted by Crippen LogP contribution is 2.20. The lowest BCUT2D eigenvalue weighted by Gasteiger charge is -2.05. The molecule has 0 atom stereocenters. The van der Waals surface area contributed by atoms with E-state index in [9.17, 15) is 0 Å². The molecule has 0 aliphatic rings. The van der Waals surface area contributed by atoms with Crippen molar-refractivity contribution in [2.45, 2.75) is 20.1 Å². The standard InChI is InChI=1S/C13H12ClN3O/c1-2-17-8-12(7-16-17)18-9-11-4-3-10(6-15)5-13(11)14/h3-5,7-8H,2,9H2,1H3. The van der Waals surface area contributed by atoms with Gasteiger partial charge in [0.25, 0.3) is 0 Å². The van der Waals surface area contributed by atoms with Crippen molar-refractivity contribution in [2.24, 2.45) is 0 Å². The fourth-order valence-corrected chi connectivity index (χ4v) is 1.72. The van der Waals surface area contributed by atoms with Crippen LogP contribution in [0.15, 0.2) is 30.6 Å². The van der Waals surface area contributed by atoms with Crippen molar-refractivity contribution in [3.8, 4) is 11.8 Å². The maximum atomic E-state index is 8.74. The molecule has 5 heteroatoms.